The Balaban J connectivity index is 1.40. The molecule has 3 aromatic rings. The number of aryl methyl sites for hydroxylation is 1. The molecule has 0 aliphatic carbocycles. The molecule has 1 aliphatic rings. The summed E-state index contributed by atoms with van der Waals surface area (Å²) in [5.74, 6) is 1.66. The van der Waals surface area contributed by atoms with E-state index in [1.807, 2.05) is 39.8 Å². The van der Waals surface area contributed by atoms with Gasteiger partial charge in [-0.3, -0.25) is 0 Å². The quantitative estimate of drug-likeness (QED) is 0.752. The van der Waals surface area contributed by atoms with Gasteiger partial charge < -0.3 is 10.6 Å². The maximum absolute atomic E-state index is 4.72. The van der Waals surface area contributed by atoms with Gasteiger partial charge in [-0.05, 0) is 26.0 Å². The number of hydrogen-bond acceptors (Lipinski definition) is 4. The standard InChI is InChI=1S/C19H24N6/c1-14-18(15(2)25(23-14)17-6-4-3-5-7-17)12-20-10-16-11-21-19-8-9-22-24(19)13-16/h3-9,16,20-21H,10-13H2,1-2H3. The average molecular weight is 336 g/mol. The minimum absolute atomic E-state index is 0.539. The van der Waals surface area contributed by atoms with Crippen molar-refractivity contribution in [2.24, 2.45) is 5.92 Å². The third-order valence-corrected chi connectivity index (χ3v) is 4.90. The van der Waals surface area contributed by atoms with Gasteiger partial charge in [0.2, 0.25) is 0 Å². The molecule has 2 N–H and O–H groups in total. The van der Waals surface area contributed by atoms with E-state index < -0.39 is 0 Å². The zero-order valence-corrected chi connectivity index (χ0v) is 14.7. The Morgan fingerprint density at radius 1 is 1.20 bits per heavy atom. The highest BCUT2D eigenvalue weighted by molar-refractivity contribution is 5.37. The van der Waals surface area contributed by atoms with Crippen LogP contribution < -0.4 is 10.6 Å². The summed E-state index contributed by atoms with van der Waals surface area (Å²) in [6.07, 6.45) is 1.85. The molecule has 3 heterocycles. The van der Waals surface area contributed by atoms with E-state index >= 15 is 0 Å². The van der Waals surface area contributed by atoms with Crippen LogP contribution in [0.1, 0.15) is 17.0 Å². The second-order valence-electron chi connectivity index (χ2n) is 6.67. The van der Waals surface area contributed by atoms with Crippen LogP contribution in [0.4, 0.5) is 5.82 Å². The van der Waals surface area contributed by atoms with Crippen LogP contribution in [-0.2, 0) is 13.1 Å². The Morgan fingerprint density at radius 2 is 2.04 bits per heavy atom. The summed E-state index contributed by atoms with van der Waals surface area (Å²) < 4.78 is 4.07. The van der Waals surface area contributed by atoms with E-state index in [1.165, 1.54) is 11.3 Å². The van der Waals surface area contributed by atoms with Crippen molar-refractivity contribution in [3.63, 3.8) is 0 Å². The molecular formula is C19H24N6. The van der Waals surface area contributed by atoms with Crippen LogP contribution in [0.3, 0.4) is 0 Å². The molecule has 2 aromatic heterocycles. The van der Waals surface area contributed by atoms with E-state index in [0.29, 0.717) is 5.92 Å². The number of rotatable bonds is 5. The highest BCUT2D eigenvalue weighted by atomic mass is 15.3. The minimum atomic E-state index is 0.539. The lowest BCUT2D eigenvalue weighted by atomic mass is 10.1. The third kappa shape index (κ3) is 3.17. The van der Waals surface area contributed by atoms with Crippen LogP contribution in [0.2, 0.25) is 0 Å². The van der Waals surface area contributed by atoms with Crippen molar-refractivity contribution < 1.29 is 0 Å². The lowest BCUT2D eigenvalue weighted by molar-refractivity contribution is 0.391. The Kier molecular flexibility index (Phi) is 4.28. The molecule has 1 aromatic carbocycles. The van der Waals surface area contributed by atoms with E-state index in [4.69, 9.17) is 5.10 Å². The van der Waals surface area contributed by atoms with E-state index in [-0.39, 0.29) is 0 Å². The van der Waals surface area contributed by atoms with Crippen LogP contribution in [0.5, 0.6) is 0 Å². The number of nitrogens with zero attached hydrogens (tertiary/aromatic N) is 4. The van der Waals surface area contributed by atoms with E-state index in [1.54, 1.807) is 0 Å². The Bertz CT molecular complexity index is 848. The smallest absolute Gasteiger partial charge is 0.124 e. The average Bonchev–Trinajstić information content (AvgIpc) is 3.21. The predicted molar refractivity (Wildman–Crippen MR) is 99.0 cm³/mol. The van der Waals surface area contributed by atoms with Crippen LogP contribution in [0.25, 0.3) is 5.69 Å². The van der Waals surface area contributed by atoms with Crippen LogP contribution >= 0.6 is 0 Å². The first kappa shape index (κ1) is 15.9. The second kappa shape index (κ2) is 6.72. The number of para-hydroxylation sites is 1. The fraction of sp³-hybridized carbons (Fsp3) is 0.368. The van der Waals surface area contributed by atoms with Gasteiger partial charge in [-0.1, -0.05) is 18.2 Å². The van der Waals surface area contributed by atoms with E-state index in [0.717, 1.165) is 43.4 Å². The molecule has 130 valence electrons. The molecule has 1 atom stereocenters. The van der Waals surface area contributed by atoms with Gasteiger partial charge in [-0.25, -0.2) is 9.36 Å². The van der Waals surface area contributed by atoms with Crippen molar-refractivity contribution >= 4 is 5.82 Å². The molecule has 0 radical (unpaired) electrons. The van der Waals surface area contributed by atoms with E-state index in [9.17, 15) is 0 Å². The zero-order chi connectivity index (χ0) is 17.2. The number of nitrogens with one attached hydrogen (secondary N) is 2. The molecule has 6 nitrogen and oxygen atoms in total. The number of hydrogen-bond donors (Lipinski definition) is 2. The first-order valence-electron chi connectivity index (χ1n) is 8.79. The van der Waals surface area contributed by atoms with Gasteiger partial charge in [-0.2, -0.15) is 10.2 Å². The SMILES string of the molecule is Cc1nn(-c2ccccc2)c(C)c1CNCC1CNc2ccnn2C1. The normalized spacial score (nSPS) is 16.5. The van der Waals surface area contributed by atoms with E-state index in [2.05, 4.69) is 41.7 Å². The molecule has 25 heavy (non-hydrogen) atoms. The monoisotopic (exact) mass is 336 g/mol. The lowest BCUT2D eigenvalue weighted by Gasteiger charge is -2.25. The van der Waals surface area contributed by atoms with Gasteiger partial charge in [-0.15, -0.1) is 0 Å². The van der Waals surface area contributed by atoms with Crippen molar-refractivity contribution in [2.75, 3.05) is 18.4 Å². The van der Waals surface area contributed by atoms with Crippen molar-refractivity contribution in [3.8, 4) is 5.69 Å². The first-order chi connectivity index (χ1) is 12.2. The number of fused-ring (bicyclic) bond motifs is 1. The second-order valence-corrected chi connectivity index (χ2v) is 6.67. The molecule has 0 amide bonds. The lowest BCUT2D eigenvalue weighted by Crippen LogP contribution is -2.35. The largest absolute Gasteiger partial charge is 0.370 e. The summed E-state index contributed by atoms with van der Waals surface area (Å²) in [5.41, 5.74) is 4.68. The topological polar surface area (TPSA) is 59.7 Å². The molecule has 0 fully saturated rings. The van der Waals surface area contributed by atoms with Gasteiger partial charge in [0, 0.05) is 49.4 Å². The Morgan fingerprint density at radius 3 is 2.88 bits per heavy atom. The van der Waals surface area contributed by atoms with Gasteiger partial charge >= 0.3 is 0 Å². The molecule has 0 spiro atoms. The molecule has 0 bridgehead atoms. The van der Waals surface area contributed by atoms with Gasteiger partial charge in [0.05, 0.1) is 17.6 Å². The summed E-state index contributed by atoms with van der Waals surface area (Å²) in [4.78, 5) is 0. The van der Waals surface area contributed by atoms with Crippen LogP contribution in [0.15, 0.2) is 42.6 Å². The summed E-state index contributed by atoms with van der Waals surface area (Å²) in [6.45, 7) is 7.97. The number of benzene rings is 1. The molecule has 1 unspecified atom stereocenters. The van der Waals surface area contributed by atoms with Gasteiger partial charge in [0.15, 0.2) is 0 Å². The first-order valence-corrected chi connectivity index (χ1v) is 8.79. The maximum Gasteiger partial charge on any atom is 0.124 e. The molecular weight excluding hydrogens is 312 g/mol. The molecule has 4 rings (SSSR count). The number of anilines is 1. The predicted octanol–water partition coefficient (Wildman–Crippen LogP) is 2.52. The molecule has 0 saturated heterocycles. The Hall–Kier alpha value is -2.60. The summed E-state index contributed by atoms with van der Waals surface area (Å²) >= 11 is 0. The zero-order valence-electron chi connectivity index (χ0n) is 14.7. The summed E-state index contributed by atoms with van der Waals surface area (Å²) in [5, 5.41) is 16.1. The van der Waals surface area contributed by atoms with Gasteiger partial charge in [0.25, 0.3) is 0 Å². The summed E-state index contributed by atoms with van der Waals surface area (Å²) in [6, 6.07) is 12.3. The maximum atomic E-state index is 4.72. The highest BCUT2D eigenvalue weighted by Gasteiger charge is 2.18. The molecule has 1 aliphatic heterocycles. The Labute approximate surface area is 147 Å². The fourth-order valence-corrected chi connectivity index (χ4v) is 3.48. The van der Waals surface area contributed by atoms with Crippen molar-refractivity contribution in [3.05, 3.63) is 59.5 Å². The highest BCUT2D eigenvalue weighted by Crippen LogP contribution is 2.19. The van der Waals surface area contributed by atoms with Crippen molar-refractivity contribution in [1.29, 1.82) is 0 Å². The van der Waals surface area contributed by atoms with Crippen molar-refractivity contribution in [2.45, 2.75) is 26.9 Å². The third-order valence-electron chi connectivity index (χ3n) is 4.90. The van der Waals surface area contributed by atoms with Crippen LogP contribution in [0, 0.1) is 19.8 Å². The molecule has 0 saturated carbocycles. The fourth-order valence-electron chi connectivity index (χ4n) is 3.48. The summed E-state index contributed by atoms with van der Waals surface area (Å²) in [7, 11) is 0. The van der Waals surface area contributed by atoms with Crippen LogP contribution in [-0.4, -0.2) is 32.7 Å². The number of aromatic nitrogens is 4. The van der Waals surface area contributed by atoms with Crippen molar-refractivity contribution in [1.82, 2.24) is 24.9 Å². The molecule has 6 heteroatoms. The minimum Gasteiger partial charge on any atom is -0.370 e. The van der Waals surface area contributed by atoms with Gasteiger partial charge in [0.1, 0.15) is 5.82 Å².